The number of hydrogen-bond donors (Lipinski definition) is 2. The lowest BCUT2D eigenvalue weighted by atomic mass is 10.3. The van der Waals surface area contributed by atoms with E-state index in [0.29, 0.717) is 18.1 Å². The van der Waals surface area contributed by atoms with Crippen molar-refractivity contribution < 1.29 is 0 Å². The van der Waals surface area contributed by atoms with Crippen molar-refractivity contribution in [2.75, 3.05) is 11.5 Å². The maximum absolute atomic E-state index is 5.71. The van der Waals surface area contributed by atoms with Gasteiger partial charge in [0.05, 0.1) is 18.4 Å². The van der Waals surface area contributed by atoms with Crippen molar-refractivity contribution in [1.82, 2.24) is 14.8 Å². The van der Waals surface area contributed by atoms with Crippen molar-refractivity contribution in [3.05, 3.63) is 36.3 Å². The van der Waals surface area contributed by atoms with Crippen molar-refractivity contribution in [2.24, 2.45) is 0 Å². The molecule has 2 aromatic heterocycles. The number of nitrogen functional groups attached to an aromatic ring is 2. The second-order valence-electron chi connectivity index (χ2n) is 3.00. The molecule has 0 spiro atoms. The van der Waals surface area contributed by atoms with E-state index in [9.17, 15) is 0 Å². The van der Waals surface area contributed by atoms with E-state index in [2.05, 4.69) is 10.1 Å². The summed E-state index contributed by atoms with van der Waals surface area (Å²) in [4.78, 5) is 4.00. The molecule has 2 heterocycles. The van der Waals surface area contributed by atoms with Crippen LogP contribution in [0.3, 0.4) is 0 Å². The topological polar surface area (TPSA) is 82.8 Å². The van der Waals surface area contributed by atoms with Crippen molar-refractivity contribution in [3.8, 4) is 0 Å². The van der Waals surface area contributed by atoms with Crippen LogP contribution >= 0.6 is 0 Å². The van der Waals surface area contributed by atoms with Crippen LogP contribution in [0.2, 0.25) is 0 Å². The Morgan fingerprint density at radius 3 is 2.71 bits per heavy atom. The third-order valence-electron chi connectivity index (χ3n) is 1.97. The molecule has 14 heavy (non-hydrogen) atoms. The molecular weight excluding hydrogens is 178 g/mol. The largest absolute Gasteiger partial charge is 0.394 e. The lowest BCUT2D eigenvalue weighted by Gasteiger charge is -2.03. The zero-order chi connectivity index (χ0) is 9.97. The summed E-state index contributed by atoms with van der Waals surface area (Å²) in [5.41, 5.74) is 12.8. The molecule has 2 aromatic rings. The molecule has 2 rings (SSSR count). The maximum Gasteiger partial charge on any atom is 0.145 e. The molecule has 0 aliphatic carbocycles. The predicted octanol–water partition coefficient (Wildman–Crippen LogP) is 0.491. The average molecular weight is 189 g/mol. The number of hydrogen-bond acceptors (Lipinski definition) is 4. The van der Waals surface area contributed by atoms with Gasteiger partial charge in [0.2, 0.25) is 0 Å². The zero-order valence-corrected chi connectivity index (χ0v) is 7.59. The summed E-state index contributed by atoms with van der Waals surface area (Å²) in [6.45, 7) is 0.594. The number of nitrogens with two attached hydrogens (primary N) is 2. The first-order valence-electron chi connectivity index (χ1n) is 4.23. The van der Waals surface area contributed by atoms with E-state index < -0.39 is 0 Å². The summed E-state index contributed by atoms with van der Waals surface area (Å²) in [6.07, 6.45) is 5.05. The number of pyridine rings is 1. The van der Waals surface area contributed by atoms with E-state index in [4.69, 9.17) is 11.5 Å². The van der Waals surface area contributed by atoms with Gasteiger partial charge in [0.1, 0.15) is 5.82 Å². The molecule has 5 nitrogen and oxygen atoms in total. The molecule has 4 N–H and O–H groups in total. The van der Waals surface area contributed by atoms with Crippen molar-refractivity contribution in [3.63, 3.8) is 0 Å². The van der Waals surface area contributed by atoms with E-state index in [1.807, 2.05) is 12.1 Å². The van der Waals surface area contributed by atoms with Crippen LogP contribution < -0.4 is 11.5 Å². The lowest BCUT2D eigenvalue weighted by molar-refractivity contribution is 0.695. The third kappa shape index (κ3) is 1.52. The van der Waals surface area contributed by atoms with Crippen LogP contribution in [-0.4, -0.2) is 14.8 Å². The van der Waals surface area contributed by atoms with Gasteiger partial charge < -0.3 is 11.5 Å². The highest BCUT2D eigenvalue weighted by Crippen LogP contribution is 2.13. The fraction of sp³-hybridized carbons (Fsp3) is 0.111. The summed E-state index contributed by atoms with van der Waals surface area (Å²) in [6, 6.07) is 3.84. The highest BCUT2D eigenvalue weighted by atomic mass is 15.3. The highest BCUT2D eigenvalue weighted by Gasteiger charge is 2.03. The van der Waals surface area contributed by atoms with Gasteiger partial charge in [-0.05, 0) is 11.6 Å². The van der Waals surface area contributed by atoms with Crippen LogP contribution in [0, 0.1) is 0 Å². The quantitative estimate of drug-likeness (QED) is 0.720. The van der Waals surface area contributed by atoms with Gasteiger partial charge in [-0.3, -0.25) is 4.98 Å². The highest BCUT2D eigenvalue weighted by molar-refractivity contribution is 5.57. The van der Waals surface area contributed by atoms with E-state index >= 15 is 0 Å². The van der Waals surface area contributed by atoms with Gasteiger partial charge in [-0.1, -0.05) is 6.07 Å². The smallest absolute Gasteiger partial charge is 0.145 e. The summed E-state index contributed by atoms with van der Waals surface area (Å²) in [5, 5.41) is 4.05. The minimum atomic E-state index is 0.494. The number of nitrogens with zero attached hydrogens (tertiary/aromatic N) is 3. The van der Waals surface area contributed by atoms with Gasteiger partial charge in [0, 0.05) is 12.4 Å². The van der Waals surface area contributed by atoms with E-state index in [1.54, 1.807) is 23.3 Å². The summed E-state index contributed by atoms with van der Waals surface area (Å²) >= 11 is 0. The Bertz CT molecular complexity index is 420. The molecular formula is C9H11N5. The Morgan fingerprint density at radius 1 is 1.29 bits per heavy atom. The molecule has 5 heteroatoms. The van der Waals surface area contributed by atoms with Crippen LogP contribution in [0.5, 0.6) is 0 Å². The Morgan fingerprint density at radius 2 is 2.14 bits per heavy atom. The van der Waals surface area contributed by atoms with Crippen LogP contribution in [0.1, 0.15) is 5.56 Å². The standard InChI is InChI=1S/C9H11N5/c10-8-5-13-14(9(8)11)6-7-2-1-3-12-4-7/h1-5H,6,10-11H2. The zero-order valence-electron chi connectivity index (χ0n) is 7.59. The van der Waals surface area contributed by atoms with Gasteiger partial charge in [-0.2, -0.15) is 5.10 Å². The Labute approximate surface area is 81.4 Å². The molecule has 0 unspecified atom stereocenters. The van der Waals surface area contributed by atoms with Crippen molar-refractivity contribution in [1.29, 1.82) is 0 Å². The third-order valence-corrected chi connectivity index (χ3v) is 1.97. The molecule has 0 fully saturated rings. The predicted molar refractivity (Wildman–Crippen MR) is 54.4 cm³/mol. The molecule has 0 atom stereocenters. The maximum atomic E-state index is 5.71. The van der Waals surface area contributed by atoms with Gasteiger partial charge in [-0.15, -0.1) is 0 Å². The molecule has 0 aromatic carbocycles. The van der Waals surface area contributed by atoms with Gasteiger partial charge >= 0.3 is 0 Å². The summed E-state index contributed by atoms with van der Waals surface area (Å²) in [5.74, 6) is 0.494. The van der Waals surface area contributed by atoms with Crippen molar-refractivity contribution >= 4 is 11.5 Å². The SMILES string of the molecule is Nc1cnn(Cc2cccnc2)c1N. The lowest BCUT2D eigenvalue weighted by Crippen LogP contribution is -2.06. The van der Waals surface area contributed by atoms with Crippen LogP contribution in [0.25, 0.3) is 0 Å². The first kappa shape index (κ1) is 8.55. The monoisotopic (exact) mass is 189 g/mol. The molecule has 0 radical (unpaired) electrons. The molecule has 72 valence electrons. The Kier molecular flexibility index (Phi) is 2.06. The molecule has 0 bridgehead atoms. The number of anilines is 2. The average Bonchev–Trinajstić information content (AvgIpc) is 2.52. The number of rotatable bonds is 2. The van der Waals surface area contributed by atoms with Crippen LogP contribution in [-0.2, 0) is 6.54 Å². The Balaban J connectivity index is 2.23. The molecule has 0 amide bonds. The van der Waals surface area contributed by atoms with Gasteiger partial charge in [0.15, 0.2) is 0 Å². The van der Waals surface area contributed by atoms with E-state index in [0.717, 1.165) is 5.56 Å². The van der Waals surface area contributed by atoms with Gasteiger partial charge in [-0.25, -0.2) is 4.68 Å². The summed E-state index contributed by atoms with van der Waals surface area (Å²) < 4.78 is 1.65. The van der Waals surface area contributed by atoms with Gasteiger partial charge in [0.25, 0.3) is 0 Å². The second kappa shape index (κ2) is 3.37. The fourth-order valence-electron chi connectivity index (χ4n) is 1.20. The molecule has 0 aliphatic rings. The van der Waals surface area contributed by atoms with Crippen LogP contribution in [0.15, 0.2) is 30.7 Å². The second-order valence-corrected chi connectivity index (χ2v) is 3.00. The molecule has 0 saturated carbocycles. The number of aromatic nitrogens is 3. The first-order valence-corrected chi connectivity index (χ1v) is 4.23. The first-order chi connectivity index (χ1) is 6.77. The molecule has 0 aliphatic heterocycles. The van der Waals surface area contributed by atoms with Crippen molar-refractivity contribution in [2.45, 2.75) is 6.54 Å². The molecule has 0 saturated heterocycles. The Hall–Kier alpha value is -2.04. The minimum Gasteiger partial charge on any atom is -0.394 e. The minimum absolute atomic E-state index is 0.494. The normalized spacial score (nSPS) is 10.3. The van der Waals surface area contributed by atoms with Crippen LogP contribution in [0.4, 0.5) is 11.5 Å². The summed E-state index contributed by atoms with van der Waals surface area (Å²) in [7, 11) is 0. The van der Waals surface area contributed by atoms with E-state index in [1.165, 1.54) is 0 Å². The van der Waals surface area contributed by atoms with E-state index in [-0.39, 0.29) is 0 Å². The fourth-order valence-corrected chi connectivity index (χ4v) is 1.20.